The van der Waals surface area contributed by atoms with E-state index in [0.29, 0.717) is 6.54 Å². The zero-order valence-corrected chi connectivity index (χ0v) is 11.7. The summed E-state index contributed by atoms with van der Waals surface area (Å²) in [5, 5.41) is 0. The molecule has 1 saturated carbocycles. The first-order valence-corrected chi connectivity index (χ1v) is 7.53. The number of imide groups is 1. The van der Waals surface area contributed by atoms with Crippen molar-refractivity contribution in [3.63, 3.8) is 0 Å². The minimum atomic E-state index is -0.319. The van der Waals surface area contributed by atoms with Crippen LogP contribution in [0.2, 0.25) is 0 Å². The lowest BCUT2D eigenvalue weighted by Crippen LogP contribution is -2.38. The number of carbonyl (C=O) groups is 2. The molecule has 3 heteroatoms. The fourth-order valence-corrected chi connectivity index (χ4v) is 3.81. The molecule has 0 aromatic heterocycles. The molecule has 102 valence electrons. The molecule has 0 radical (unpaired) electrons. The smallest absolute Gasteiger partial charge is 0.236 e. The van der Waals surface area contributed by atoms with Gasteiger partial charge in [0, 0.05) is 6.54 Å². The molecule has 0 N–H and O–H groups in total. The third-order valence-electron chi connectivity index (χ3n) is 4.67. The van der Waals surface area contributed by atoms with Gasteiger partial charge in [-0.3, -0.25) is 14.5 Å². The van der Waals surface area contributed by atoms with Gasteiger partial charge in [0.05, 0.1) is 11.3 Å². The summed E-state index contributed by atoms with van der Waals surface area (Å²) in [4.78, 5) is 26.7. The van der Waals surface area contributed by atoms with Crippen LogP contribution in [0.5, 0.6) is 0 Å². The Labute approximate surface area is 110 Å². The topological polar surface area (TPSA) is 37.4 Å². The Morgan fingerprint density at radius 1 is 1.11 bits per heavy atom. The molecular weight excluding hydrogens is 226 g/mol. The highest BCUT2D eigenvalue weighted by molar-refractivity contribution is 6.07. The summed E-state index contributed by atoms with van der Waals surface area (Å²) in [5.41, 5.74) is -0.319. The van der Waals surface area contributed by atoms with Crippen molar-refractivity contribution < 1.29 is 9.59 Å². The molecule has 1 atom stereocenters. The fourth-order valence-electron chi connectivity index (χ4n) is 3.81. The second-order valence-electron chi connectivity index (χ2n) is 5.85. The van der Waals surface area contributed by atoms with Crippen molar-refractivity contribution in [2.45, 2.75) is 65.2 Å². The number of amides is 2. The molecule has 2 amide bonds. The van der Waals surface area contributed by atoms with Crippen LogP contribution >= 0.6 is 0 Å². The molecular formula is C15H25NO2. The van der Waals surface area contributed by atoms with Crippen LogP contribution < -0.4 is 0 Å². The molecule has 0 aromatic carbocycles. The molecule has 0 bridgehead atoms. The Morgan fingerprint density at radius 2 is 1.78 bits per heavy atom. The lowest BCUT2D eigenvalue weighted by atomic mass is 9.66. The van der Waals surface area contributed by atoms with E-state index in [-0.39, 0.29) is 23.1 Å². The maximum Gasteiger partial charge on any atom is 0.236 e. The Hall–Kier alpha value is -0.860. The minimum absolute atomic E-state index is 0.0261. The maximum atomic E-state index is 12.7. The summed E-state index contributed by atoms with van der Waals surface area (Å²) in [6.07, 6.45) is 8.04. The minimum Gasteiger partial charge on any atom is -0.282 e. The van der Waals surface area contributed by atoms with Crippen molar-refractivity contribution >= 4 is 11.8 Å². The van der Waals surface area contributed by atoms with Crippen LogP contribution in [-0.2, 0) is 9.59 Å². The largest absolute Gasteiger partial charge is 0.282 e. The Bertz CT molecular complexity index is 331. The van der Waals surface area contributed by atoms with E-state index in [1.165, 1.54) is 6.42 Å². The highest BCUT2D eigenvalue weighted by Gasteiger charge is 2.57. The van der Waals surface area contributed by atoms with Gasteiger partial charge in [-0.1, -0.05) is 39.5 Å². The fraction of sp³-hybridized carbons (Fsp3) is 0.867. The van der Waals surface area contributed by atoms with Crippen LogP contribution in [0, 0.1) is 11.3 Å². The molecule has 2 aliphatic rings. The molecule has 0 aromatic rings. The average Bonchev–Trinajstić information content (AvgIpc) is 2.57. The van der Waals surface area contributed by atoms with Gasteiger partial charge in [0.2, 0.25) is 11.8 Å². The van der Waals surface area contributed by atoms with E-state index in [1.54, 1.807) is 4.90 Å². The van der Waals surface area contributed by atoms with E-state index in [9.17, 15) is 9.59 Å². The lowest BCUT2D eigenvalue weighted by molar-refractivity contribution is -0.142. The van der Waals surface area contributed by atoms with Crippen LogP contribution in [0.25, 0.3) is 0 Å². The van der Waals surface area contributed by atoms with Crippen molar-refractivity contribution in [1.29, 1.82) is 0 Å². The van der Waals surface area contributed by atoms with E-state index in [2.05, 4.69) is 6.92 Å². The normalized spacial score (nSPS) is 27.2. The summed E-state index contributed by atoms with van der Waals surface area (Å²) in [5.74, 6) is 0.236. The van der Waals surface area contributed by atoms with Gasteiger partial charge in [-0.05, 0) is 25.7 Å². The molecule has 2 fully saturated rings. The number of hydrogen-bond donors (Lipinski definition) is 0. The van der Waals surface area contributed by atoms with Gasteiger partial charge in [0.1, 0.15) is 0 Å². The Kier molecular flexibility index (Phi) is 4.08. The van der Waals surface area contributed by atoms with Crippen molar-refractivity contribution in [3.8, 4) is 0 Å². The Balaban J connectivity index is 2.29. The van der Waals surface area contributed by atoms with Crippen LogP contribution in [0.15, 0.2) is 0 Å². The van der Waals surface area contributed by atoms with Crippen molar-refractivity contribution in [1.82, 2.24) is 4.90 Å². The SMILES string of the molecule is CCCC1C(=O)N(CCC)C(=O)C12CCCCC2. The van der Waals surface area contributed by atoms with Gasteiger partial charge in [-0.15, -0.1) is 0 Å². The molecule has 1 aliphatic heterocycles. The van der Waals surface area contributed by atoms with E-state index in [0.717, 1.165) is 44.9 Å². The quantitative estimate of drug-likeness (QED) is 0.720. The average molecular weight is 251 g/mol. The first-order valence-electron chi connectivity index (χ1n) is 7.53. The predicted molar refractivity (Wildman–Crippen MR) is 70.9 cm³/mol. The molecule has 3 nitrogen and oxygen atoms in total. The van der Waals surface area contributed by atoms with Gasteiger partial charge < -0.3 is 0 Å². The summed E-state index contributed by atoms with van der Waals surface area (Å²) in [6.45, 7) is 4.75. The number of likely N-dealkylation sites (tertiary alicyclic amines) is 1. The van der Waals surface area contributed by atoms with Crippen LogP contribution in [-0.4, -0.2) is 23.3 Å². The summed E-state index contributed by atoms with van der Waals surface area (Å²) in [6, 6.07) is 0. The Morgan fingerprint density at radius 3 is 2.33 bits per heavy atom. The third-order valence-corrected chi connectivity index (χ3v) is 4.67. The second-order valence-corrected chi connectivity index (χ2v) is 5.85. The zero-order valence-electron chi connectivity index (χ0n) is 11.7. The summed E-state index contributed by atoms with van der Waals surface area (Å²) >= 11 is 0. The first-order chi connectivity index (χ1) is 8.67. The van der Waals surface area contributed by atoms with Gasteiger partial charge >= 0.3 is 0 Å². The highest BCUT2D eigenvalue weighted by atomic mass is 16.2. The molecule has 1 spiro atoms. The van der Waals surface area contributed by atoms with E-state index < -0.39 is 0 Å². The highest BCUT2D eigenvalue weighted by Crippen LogP contribution is 2.50. The molecule has 1 aliphatic carbocycles. The molecule has 1 saturated heterocycles. The predicted octanol–water partition coefficient (Wildman–Crippen LogP) is 3.13. The lowest BCUT2D eigenvalue weighted by Gasteiger charge is -2.35. The first kappa shape index (κ1) is 13.6. The van der Waals surface area contributed by atoms with Gasteiger partial charge in [0.25, 0.3) is 0 Å². The van der Waals surface area contributed by atoms with Gasteiger partial charge in [-0.25, -0.2) is 0 Å². The molecule has 1 unspecified atom stereocenters. The van der Waals surface area contributed by atoms with Crippen molar-refractivity contribution in [3.05, 3.63) is 0 Å². The number of hydrogen-bond acceptors (Lipinski definition) is 2. The van der Waals surface area contributed by atoms with Crippen molar-refractivity contribution in [2.75, 3.05) is 6.54 Å². The molecule has 2 rings (SSSR count). The van der Waals surface area contributed by atoms with E-state index in [1.807, 2.05) is 6.92 Å². The van der Waals surface area contributed by atoms with Gasteiger partial charge in [-0.2, -0.15) is 0 Å². The van der Waals surface area contributed by atoms with E-state index >= 15 is 0 Å². The summed E-state index contributed by atoms with van der Waals surface area (Å²) < 4.78 is 0. The zero-order chi connectivity index (χ0) is 13.2. The number of carbonyl (C=O) groups excluding carboxylic acids is 2. The monoisotopic (exact) mass is 251 g/mol. The number of nitrogens with zero attached hydrogens (tertiary/aromatic N) is 1. The van der Waals surface area contributed by atoms with E-state index in [4.69, 9.17) is 0 Å². The summed E-state index contributed by atoms with van der Waals surface area (Å²) in [7, 11) is 0. The maximum absolute atomic E-state index is 12.7. The van der Waals surface area contributed by atoms with Crippen LogP contribution in [0.3, 0.4) is 0 Å². The third kappa shape index (κ3) is 1.98. The standard InChI is InChI=1S/C15H25NO2/c1-3-8-12-13(17)16(11-4-2)14(18)15(12)9-6-5-7-10-15/h12H,3-11H2,1-2H3. The number of rotatable bonds is 4. The molecule has 18 heavy (non-hydrogen) atoms. The van der Waals surface area contributed by atoms with Gasteiger partial charge in [0.15, 0.2) is 0 Å². The second kappa shape index (κ2) is 5.41. The van der Waals surface area contributed by atoms with Crippen LogP contribution in [0.1, 0.15) is 65.2 Å². The van der Waals surface area contributed by atoms with Crippen LogP contribution in [0.4, 0.5) is 0 Å². The molecule has 1 heterocycles. The van der Waals surface area contributed by atoms with Crippen molar-refractivity contribution in [2.24, 2.45) is 11.3 Å².